The Bertz CT molecular complexity index is 164. The van der Waals surface area contributed by atoms with E-state index in [4.69, 9.17) is 9.84 Å². The van der Waals surface area contributed by atoms with Crippen LogP contribution in [-0.2, 0) is 4.74 Å². The van der Waals surface area contributed by atoms with Crippen LogP contribution in [0.15, 0.2) is 0 Å². The van der Waals surface area contributed by atoms with Gasteiger partial charge in [-0.3, -0.25) is 0 Å². The molecule has 3 nitrogen and oxygen atoms in total. The van der Waals surface area contributed by atoms with Gasteiger partial charge >= 0.3 is 0 Å². The zero-order valence-electron chi connectivity index (χ0n) is 10.0. The van der Waals surface area contributed by atoms with Crippen LogP contribution in [0.5, 0.6) is 0 Å². The number of ether oxygens (including phenoxy) is 1. The van der Waals surface area contributed by atoms with Crippen LogP contribution >= 0.6 is 0 Å². The fourth-order valence-corrected chi connectivity index (χ4v) is 2.25. The van der Waals surface area contributed by atoms with Crippen LogP contribution in [0.2, 0.25) is 0 Å². The zero-order chi connectivity index (χ0) is 11.1. The number of likely N-dealkylation sites (N-methyl/N-ethyl adjacent to an activating group) is 1. The van der Waals surface area contributed by atoms with Gasteiger partial charge in [0, 0.05) is 0 Å². The molecule has 0 heterocycles. The number of hydrogen-bond donors (Lipinski definition) is 2. The minimum atomic E-state index is 0.104. The van der Waals surface area contributed by atoms with Crippen molar-refractivity contribution in [2.75, 3.05) is 19.8 Å². The summed E-state index contributed by atoms with van der Waals surface area (Å²) in [6.45, 7) is 6.03. The number of rotatable bonds is 6. The highest BCUT2D eigenvalue weighted by atomic mass is 16.5. The fraction of sp³-hybridized carbons (Fsp3) is 1.00. The Morgan fingerprint density at radius 2 is 2.27 bits per heavy atom. The molecule has 15 heavy (non-hydrogen) atoms. The minimum absolute atomic E-state index is 0.104. The van der Waals surface area contributed by atoms with Gasteiger partial charge in [0.05, 0.1) is 25.4 Å². The van der Waals surface area contributed by atoms with E-state index in [2.05, 4.69) is 12.2 Å². The second-order valence-electron chi connectivity index (χ2n) is 4.66. The standard InChI is InChI=1S/C12H25NO2/c1-3-13-11(8-14)9-15-12-6-4-5-10(2)7-12/h10-14H,3-9H2,1-2H3. The first kappa shape index (κ1) is 12.9. The highest BCUT2D eigenvalue weighted by Gasteiger charge is 2.20. The van der Waals surface area contributed by atoms with Gasteiger partial charge in [-0.15, -0.1) is 0 Å². The van der Waals surface area contributed by atoms with Gasteiger partial charge in [-0.05, 0) is 25.3 Å². The lowest BCUT2D eigenvalue weighted by Crippen LogP contribution is -2.38. The summed E-state index contributed by atoms with van der Waals surface area (Å²) in [5, 5.41) is 12.3. The van der Waals surface area contributed by atoms with Crippen molar-refractivity contribution in [2.24, 2.45) is 5.92 Å². The van der Waals surface area contributed by atoms with E-state index in [1.807, 2.05) is 6.92 Å². The minimum Gasteiger partial charge on any atom is -0.395 e. The Labute approximate surface area is 93.2 Å². The van der Waals surface area contributed by atoms with Gasteiger partial charge in [0.1, 0.15) is 0 Å². The van der Waals surface area contributed by atoms with Gasteiger partial charge in [0.2, 0.25) is 0 Å². The van der Waals surface area contributed by atoms with E-state index < -0.39 is 0 Å². The Balaban J connectivity index is 2.16. The highest BCUT2D eigenvalue weighted by molar-refractivity contribution is 4.72. The molecule has 0 saturated heterocycles. The SMILES string of the molecule is CCNC(CO)COC1CCCC(C)C1. The van der Waals surface area contributed by atoms with Crippen LogP contribution < -0.4 is 5.32 Å². The summed E-state index contributed by atoms with van der Waals surface area (Å²) >= 11 is 0. The number of hydrogen-bond acceptors (Lipinski definition) is 3. The summed E-state index contributed by atoms with van der Waals surface area (Å²) < 4.78 is 5.84. The zero-order valence-corrected chi connectivity index (χ0v) is 10.0. The summed E-state index contributed by atoms with van der Waals surface area (Å²) in [6.07, 6.45) is 5.42. The molecule has 3 atom stereocenters. The summed E-state index contributed by atoms with van der Waals surface area (Å²) in [6, 6.07) is 0.104. The average molecular weight is 215 g/mol. The van der Waals surface area contributed by atoms with Gasteiger partial charge < -0.3 is 15.2 Å². The molecule has 0 aromatic rings. The van der Waals surface area contributed by atoms with Gasteiger partial charge in [-0.1, -0.05) is 26.7 Å². The van der Waals surface area contributed by atoms with E-state index >= 15 is 0 Å². The molecule has 1 aliphatic carbocycles. The quantitative estimate of drug-likeness (QED) is 0.706. The van der Waals surface area contributed by atoms with E-state index in [1.54, 1.807) is 0 Å². The van der Waals surface area contributed by atoms with E-state index in [0.717, 1.165) is 12.5 Å². The van der Waals surface area contributed by atoms with Crippen LogP contribution in [0.3, 0.4) is 0 Å². The molecule has 0 aromatic carbocycles. The van der Waals surface area contributed by atoms with Gasteiger partial charge in [-0.2, -0.15) is 0 Å². The first-order chi connectivity index (χ1) is 7.26. The second-order valence-corrected chi connectivity index (χ2v) is 4.66. The lowest BCUT2D eigenvalue weighted by atomic mass is 9.89. The van der Waals surface area contributed by atoms with Crippen LogP contribution in [0.4, 0.5) is 0 Å². The third-order valence-corrected chi connectivity index (χ3v) is 3.13. The fourth-order valence-electron chi connectivity index (χ4n) is 2.25. The van der Waals surface area contributed by atoms with Crippen LogP contribution in [-0.4, -0.2) is 37.0 Å². The summed E-state index contributed by atoms with van der Waals surface area (Å²) in [7, 11) is 0. The third-order valence-electron chi connectivity index (χ3n) is 3.13. The number of nitrogens with one attached hydrogen (secondary N) is 1. The number of aliphatic hydroxyl groups is 1. The Kier molecular flexibility index (Phi) is 6.22. The van der Waals surface area contributed by atoms with Crippen LogP contribution in [0, 0.1) is 5.92 Å². The Morgan fingerprint density at radius 1 is 1.47 bits per heavy atom. The molecular formula is C12H25NO2. The van der Waals surface area contributed by atoms with Crippen molar-refractivity contribution in [2.45, 2.75) is 51.7 Å². The highest BCUT2D eigenvalue weighted by Crippen LogP contribution is 2.25. The molecule has 0 aliphatic heterocycles. The largest absolute Gasteiger partial charge is 0.395 e. The van der Waals surface area contributed by atoms with E-state index in [-0.39, 0.29) is 12.6 Å². The lowest BCUT2D eigenvalue weighted by molar-refractivity contribution is -0.00283. The average Bonchev–Trinajstić information content (AvgIpc) is 2.24. The predicted octanol–water partition coefficient (Wildman–Crippen LogP) is 1.55. The Morgan fingerprint density at radius 3 is 2.87 bits per heavy atom. The van der Waals surface area contributed by atoms with Crippen LogP contribution in [0.25, 0.3) is 0 Å². The maximum Gasteiger partial charge on any atom is 0.0645 e. The molecule has 0 spiro atoms. The second kappa shape index (κ2) is 7.20. The maximum atomic E-state index is 9.10. The molecule has 1 rings (SSSR count). The third kappa shape index (κ3) is 4.96. The molecule has 2 N–H and O–H groups in total. The Hall–Kier alpha value is -0.120. The first-order valence-electron chi connectivity index (χ1n) is 6.22. The van der Waals surface area contributed by atoms with Crippen molar-refractivity contribution in [3.63, 3.8) is 0 Å². The monoisotopic (exact) mass is 215 g/mol. The van der Waals surface area contributed by atoms with Crippen molar-refractivity contribution < 1.29 is 9.84 Å². The molecule has 0 aromatic heterocycles. The van der Waals surface area contributed by atoms with Crippen molar-refractivity contribution >= 4 is 0 Å². The van der Waals surface area contributed by atoms with Crippen molar-refractivity contribution in [3.05, 3.63) is 0 Å². The van der Waals surface area contributed by atoms with Gasteiger partial charge in [-0.25, -0.2) is 0 Å². The number of aliphatic hydroxyl groups excluding tert-OH is 1. The van der Waals surface area contributed by atoms with E-state index in [0.29, 0.717) is 12.7 Å². The summed E-state index contributed by atoms with van der Waals surface area (Å²) in [5.41, 5.74) is 0. The molecule has 1 fully saturated rings. The molecule has 0 radical (unpaired) electrons. The maximum absolute atomic E-state index is 9.10. The van der Waals surface area contributed by atoms with E-state index in [1.165, 1.54) is 25.7 Å². The lowest BCUT2D eigenvalue weighted by Gasteiger charge is -2.28. The summed E-state index contributed by atoms with van der Waals surface area (Å²) in [4.78, 5) is 0. The molecule has 1 saturated carbocycles. The molecular weight excluding hydrogens is 190 g/mol. The molecule has 3 unspecified atom stereocenters. The van der Waals surface area contributed by atoms with Gasteiger partial charge in [0.15, 0.2) is 0 Å². The molecule has 3 heteroatoms. The molecule has 0 bridgehead atoms. The smallest absolute Gasteiger partial charge is 0.0645 e. The molecule has 0 amide bonds. The van der Waals surface area contributed by atoms with Gasteiger partial charge in [0.25, 0.3) is 0 Å². The van der Waals surface area contributed by atoms with Crippen molar-refractivity contribution in [1.82, 2.24) is 5.32 Å². The van der Waals surface area contributed by atoms with Crippen molar-refractivity contribution in [3.8, 4) is 0 Å². The van der Waals surface area contributed by atoms with Crippen LogP contribution in [0.1, 0.15) is 39.5 Å². The van der Waals surface area contributed by atoms with Crippen molar-refractivity contribution in [1.29, 1.82) is 0 Å². The summed E-state index contributed by atoms with van der Waals surface area (Å²) in [5.74, 6) is 0.801. The first-order valence-corrected chi connectivity index (χ1v) is 6.22. The normalized spacial score (nSPS) is 29.0. The molecule has 90 valence electrons. The van der Waals surface area contributed by atoms with E-state index in [9.17, 15) is 0 Å². The molecule has 1 aliphatic rings. The predicted molar refractivity (Wildman–Crippen MR) is 61.9 cm³/mol. The topological polar surface area (TPSA) is 41.5 Å².